The first-order valence-electron chi connectivity index (χ1n) is 7.81. The minimum Gasteiger partial charge on any atom is -0.333 e. The van der Waals surface area contributed by atoms with Crippen LogP contribution in [0.15, 0.2) is 18.2 Å². The van der Waals surface area contributed by atoms with Crippen molar-refractivity contribution in [2.45, 2.75) is 58.2 Å². The molecule has 2 N–H and O–H groups in total. The van der Waals surface area contributed by atoms with Crippen molar-refractivity contribution in [3.63, 3.8) is 0 Å². The Balaban J connectivity index is 1.72. The number of rotatable bonds is 2. The van der Waals surface area contributed by atoms with E-state index in [1.165, 1.54) is 18.6 Å². The van der Waals surface area contributed by atoms with E-state index < -0.39 is 6.04 Å². The van der Waals surface area contributed by atoms with Crippen molar-refractivity contribution in [3.8, 4) is 0 Å². The number of halogens is 1. The van der Waals surface area contributed by atoms with Crippen molar-refractivity contribution >= 4 is 5.91 Å². The fraction of sp³-hybridized carbons (Fsp3) is 0.588. The van der Waals surface area contributed by atoms with Crippen LogP contribution in [-0.4, -0.2) is 16.8 Å². The number of carbonyl (C=O) groups is 1. The fourth-order valence-electron chi connectivity index (χ4n) is 3.68. The molecule has 114 valence electrons. The monoisotopic (exact) mass is 290 g/mol. The molecule has 1 aliphatic carbocycles. The zero-order chi connectivity index (χ0) is 15.0. The van der Waals surface area contributed by atoms with Crippen LogP contribution in [0.4, 0.5) is 4.39 Å². The summed E-state index contributed by atoms with van der Waals surface area (Å²) in [5.41, 5.74) is 8.16. The molecular weight excluding hydrogens is 267 g/mol. The summed E-state index contributed by atoms with van der Waals surface area (Å²) in [6.07, 6.45) is 5.60. The molecule has 1 unspecified atom stereocenters. The van der Waals surface area contributed by atoms with Gasteiger partial charge in [0.25, 0.3) is 0 Å². The van der Waals surface area contributed by atoms with E-state index in [9.17, 15) is 9.18 Å². The normalized spacial score (nSPS) is 22.0. The van der Waals surface area contributed by atoms with E-state index in [4.69, 9.17) is 5.73 Å². The predicted octanol–water partition coefficient (Wildman–Crippen LogP) is 2.97. The van der Waals surface area contributed by atoms with Gasteiger partial charge in [0, 0.05) is 13.1 Å². The van der Waals surface area contributed by atoms with Crippen molar-refractivity contribution in [2.24, 2.45) is 11.1 Å². The van der Waals surface area contributed by atoms with Crippen LogP contribution in [0.2, 0.25) is 0 Å². The van der Waals surface area contributed by atoms with Gasteiger partial charge in [0.2, 0.25) is 5.91 Å². The summed E-state index contributed by atoms with van der Waals surface area (Å²) in [5, 5.41) is 0. The lowest BCUT2D eigenvalue weighted by Crippen LogP contribution is -2.51. The molecule has 21 heavy (non-hydrogen) atoms. The third-order valence-corrected chi connectivity index (χ3v) is 5.22. The lowest BCUT2D eigenvalue weighted by molar-refractivity contribution is -0.136. The van der Waals surface area contributed by atoms with Gasteiger partial charge in [-0.3, -0.25) is 4.79 Å². The van der Waals surface area contributed by atoms with Crippen LogP contribution in [0.25, 0.3) is 0 Å². The average Bonchev–Trinajstić information content (AvgIpc) is 2.89. The molecule has 3 rings (SSSR count). The quantitative estimate of drug-likeness (QED) is 0.910. The highest BCUT2D eigenvalue weighted by atomic mass is 19.1. The smallest absolute Gasteiger partial charge is 0.240 e. The maximum Gasteiger partial charge on any atom is 0.240 e. The van der Waals surface area contributed by atoms with Crippen LogP contribution >= 0.6 is 0 Å². The number of nitrogens with zero attached hydrogens (tertiary/aromatic N) is 1. The molecule has 0 saturated heterocycles. The molecule has 0 aromatic heterocycles. The molecular formula is C17H23FN2O. The second-order valence-corrected chi connectivity index (χ2v) is 6.80. The Hall–Kier alpha value is -1.42. The minimum atomic E-state index is -0.447. The molecule has 0 bridgehead atoms. The van der Waals surface area contributed by atoms with Crippen molar-refractivity contribution in [2.75, 3.05) is 0 Å². The number of carbonyl (C=O) groups excluding carboxylic acids is 1. The third-order valence-electron chi connectivity index (χ3n) is 5.22. The van der Waals surface area contributed by atoms with E-state index in [1.807, 2.05) is 0 Å². The number of fused-ring (bicyclic) bond motifs is 1. The van der Waals surface area contributed by atoms with Gasteiger partial charge in [-0.05, 0) is 41.5 Å². The van der Waals surface area contributed by atoms with Gasteiger partial charge >= 0.3 is 0 Å². The maximum atomic E-state index is 13.3. The Labute approximate surface area is 125 Å². The van der Waals surface area contributed by atoms with Gasteiger partial charge in [-0.15, -0.1) is 0 Å². The zero-order valence-electron chi connectivity index (χ0n) is 12.6. The van der Waals surface area contributed by atoms with Gasteiger partial charge < -0.3 is 10.6 Å². The molecule has 1 atom stereocenters. The Bertz CT molecular complexity index is 552. The number of amides is 1. The zero-order valence-corrected chi connectivity index (χ0v) is 12.6. The van der Waals surface area contributed by atoms with Gasteiger partial charge in [0.05, 0.1) is 6.04 Å². The summed E-state index contributed by atoms with van der Waals surface area (Å²) in [6.45, 7) is 3.17. The largest absolute Gasteiger partial charge is 0.333 e. The van der Waals surface area contributed by atoms with E-state index in [-0.39, 0.29) is 17.1 Å². The molecule has 1 saturated carbocycles. The SMILES string of the molecule is CC1(C(N)C(=O)N2Cc3ccc(F)cc3C2)CCCCC1. The summed E-state index contributed by atoms with van der Waals surface area (Å²) in [7, 11) is 0. The molecule has 1 fully saturated rings. The Morgan fingerprint density at radius 2 is 1.90 bits per heavy atom. The summed E-state index contributed by atoms with van der Waals surface area (Å²) in [5.74, 6) is -0.234. The van der Waals surface area contributed by atoms with Crippen LogP contribution in [0.1, 0.15) is 50.2 Å². The van der Waals surface area contributed by atoms with E-state index in [2.05, 4.69) is 6.92 Å². The van der Waals surface area contributed by atoms with E-state index in [0.717, 1.165) is 36.8 Å². The van der Waals surface area contributed by atoms with Crippen molar-refractivity contribution < 1.29 is 9.18 Å². The molecule has 3 nitrogen and oxygen atoms in total. The van der Waals surface area contributed by atoms with Crippen LogP contribution in [0, 0.1) is 11.2 Å². The van der Waals surface area contributed by atoms with E-state index in [0.29, 0.717) is 13.1 Å². The fourth-order valence-corrected chi connectivity index (χ4v) is 3.68. The van der Waals surface area contributed by atoms with Gasteiger partial charge in [0.1, 0.15) is 5.82 Å². The third kappa shape index (κ3) is 2.69. The van der Waals surface area contributed by atoms with Gasteiger partial charge in [-0.25, -0.2) is 4.39 Å². The number of hydrogen-bond donors (Lipinski definition) is 1. The summed E-state index contributed by atoms with van der Waals surface area (Å²) in [6, 6.07) is 4.30. The second-order valence-electron chi connectivity index (χ2n) is 6.80. The average molecular weight is 290 g/mol. The van der Waals surface area contributed by atoms with Crippen LogP contribution in [0.5, 0.6) is 0 Å². The molecule has 1 amide bonds. The molecule has 0 radical (unpaired) electrons. The maximum absolute atomic E-state index is 13.3. The Kier molecular flexibility index (Phi) is 3.74. The molecule has 4 heteroatoms. The van der Waals surface area contributed by atoms with Gasteiger partial charge in [-0.2, -0.15) is 0 Å². The van der Waals surface area contributed by atoms with E-state index in [1.54, 1.807) is 11.0 Å². The van der Waals surface area contributed by atoms with Crippen LogP contribution in [0.3, 0.4) is 0 Å². The molecule has 2 aliphatic rings. The predicted molar refractivity (Wildman–Crippen MR) is 79.8 cm³/mol. The molecule has 1 heterocycles. The molecule has 1 aromatic carbocycles. The van der Waals surface area contributed by atoms with Crippen LogP contribution < -0.4 is 5.73 Å². The number of benzene rings is 1. The van der Waals surface area contributed by atoms with Gasteiger partial charge in [-0.1, -0.05) is 32.3 Å². The Morgan fingerprint density at radius 1 is 1.24 bits per heavy atom. The number of hydrogen-bond acceptors (Lipinski definition) is 2. The molecule has 1 aliphatic heterocycles. The summed E-state index contributed by atoms with van der Waals surface area (Å²) >= 11 is 0. The van der Waals surface area contributed by atoms with Crippen molar-refractivity contribution in [3.05, 3.63) is 35.1 Å². The summed E-state index contributed by atoms with van der Waals surface area (Å²) < 4.78 is 13.3. The highest BCUT2D eigenvalue weighted by molar-refractivity contribution is 5.83. The van der Waals surface area contributed by atoms with Crippen molar-refractivity contribution in [1.82, 2.24) is 4.90 Å². The highest BCUT2D eigenvalue weighted by Gasteiger charge is 2.40. The molecule has 1 aromatic rings. The minimum absolute atomic E-state index is 0.0102. The first-order valence-corrected chi connectivity index (χ1v) is 7.81. The summed E-state index contributed by atoms with van der Waals surface area (Å²) in [4.78, 5) is 14.5. The van der Waals surface area contributed by atoms with E-state index >= 15 is 0 Å². The van der Waals surface area contributed by atoms with Crippen molar-refractivity contribution in [1.29, 1.82) is 0 Å². The first-order chi connectivity index (χ1) is 9.99. The van der Waals surface area contributed by atoms with Gasteiger partial charge in [0.15, 0.2) is 0 Å². The topological polar surface area (TPSA) is 46.3 Å². The standard InChI is InChI=1S/C17H23FN2O/c1-17(7-3-2-4-8-17)15(19)16(21)20-10-12-5-6-14(18)9-13(12)11-20/h5-6,9,15H,2-4,7-8,10-11,19H2,1H3. The highest BCUT2D eigenvalue weighted by Crippen LogP contribution is 2.39. The lowest BCUT2D eigenvalue weighted by atomic mass is 9.70. The second kappa shape index (κ2) is 5.41. The first kappa shape index (κ1) is 14.5. The lowest BCUT2D eigenvalue weighted by Gasteiger charge is -2.39. The Morgan fingerprint density at radius 3 is 2.62 bits per heavy atom. The molecule has 0 spiro atoms. The van der Waals surface area contributed by atoms with Crippen LogP contribution in [-0.2, 0) is 17.9 Å². The number of nitrogens with two attached hydrogens (primary N) is 1.